The lowest BCUT2D eigenvalue weighted by atomic mass is 10.1. The molecule has 0 radical (unpaired) electrons. The molecule has 0 atom stereocenters. The summed E-state index contributed by atoms with van der Waals surface area (Å²) in [6.45, 7) is 3.94. The van der Waals surface area contributed by atoms with Gasteiger partial charge in [0.2, 0.25) is 0 Å². The average Bonchev–Trinajstić information content (AvgIpc) is 2.90. The Morgan fingerprint density at radius 2 is 2.00 bits per heavy atom. The zero-order valence-corrected chi connectivity index (χ0v) is 11.4. The van der Waals surface area contributed by atoms with E-state index in [1.165, 1.54) is 12.0 Å². The molecule has 3 nitrogen and oxygen atoms in total. The summed E-state index contributed by atoms with van der Waals surface area (Å²) < 4.78 is 0. The van der Waals surface area contributed by atoms with Crippen LogP contribution in [0.3, 0.4) is 0 Å². The first-order valence-corrected chi connectivity index (χ1v) is 7.19. The van der Waals surface area contributed by atoms with Gasteiger partial charge in [0.1, 0.15) is 5.69 Å². The Morgan fingerprint density at radius 3 is 2.74 bits per heavy atom. The standard InChI is InChI=1S/C16H20N2O/c1-2-12-6-7-14-13(10-12)11-15(17-14)16(19)18-8-4-3-5-9-18/h6-7,10-11,17H,2-5,8-9H2,1H3. The SMILES string of the molecule is CCc1ccc2[nH]c(C(=O)N3CCCCC3)cc2c1. The Labute approximate surface area is 113 Å². The van der Waals surface area contributed by atoms with Gasteiger partial charge in [-0.2, -0.15) is 0 Å². The maximum absolute atomic E-state index is 12.4. The second-order valence-electron chi connectivity index (χ2n) is 5.31. The van der Waals surface area contributed by atoms with Crippen molar-refractivity contribution in [1.82, 2.24) is 9.88 Å². The van der Waals surface area contributed by atoms with E-state index in [1.807, 2.05) is 11.0 Å². The third-order valence-corrected chi connectivity index (χ3v) is 3.97. The van der Waals surface area contributed by atoms with E-state index in [4.69, 9.17) is 0 Å². The number of benzene rings is 1. The number of fused-ring (bicyclic) bond motifs is 1. The van der Waals surface area contributed by atoms with Crippen LogP contribution in [0.4, 0.5) is 0 Å². The van der Waals surface area contributed by atoms with E-state index in [0.29, 0.717) is 0 Å². The van der Waals surface area contributed by atoms with E-state index in [1.54, 1.807) is 0 Å². The predicted molar refractivity (Wildman–Crippen MR) is 77.4 cm³/mol. The van der Waals surface area contributed by atoms with Gasteiger partial charge in [0.05, 0.1) is 0 Å². The molecule has 100 valence electrons. The Bertz CT molecular complexity index is 594. The molecule has 1 fully saturated rings. The van der Waals surface area contributed by atoms with Crippen LogP contribution in [0.2, 0.25) is 0 Å². The summed E-state index contributed by atoms with van der Waals surface area (Å²) in [4.78, 5) is 17.6. The lowest BCUT2D eigenvalue weighted by Crippen LogP contribution is -2.35. The fraction of sp³-hybridized carbons (Fsp3) is 0.438. The summed E-state index contributed by atoms with van der Waals surface area (Å²) in [5, 5.41) is 1.14. The minimum Gasteiger partial charge on any atom is -0.351 e. The lowest BCUT2D eigenvalue weighted by molar-refractivity contribution is 0.0719. The number of aryl methyl sites for hydroxylation is 1. The molecule has 1 aliphatic rings. The van der Waals surface area contributed by atoms with Gasteiger partial charge < -0.3 is 9.88 Å². The van der Waals surface area contributed by atoms with Gasteiger partial charge in [-0.1, -0.05) is 13.0 Å². The van der Waals surface area contributed by atoms with Gasteiger partial charge >= 0.3 is 0 Å². The summed E-state index contributed by atoms with van der Waals surface area (Å²) in [5.41, 5.74) is 3.09. The van der Waals surface area contributed by atoms with Crippen molar-refractivity contribution in [3.63, 3.8) is 0 Å². The molecule has 1 saturated heterocycles. The maximum atomic E-state index is 12.4. The number of carbonyl (C=O) groups is 1. The fourth-order valence-corrected chi connectivity index (χ4v) is 2.78. The molecule has 0 bridgehead atoms. The van der Waals surface area contributed by atoms with Crippen molar-refractivity contribution in [3.05, 3.63) is 35.5 Å². The Kier molecular flexibility index (Phi) is 3.28. The summed E-state index contributed by atoms with van der Waals surface area (Å²) in [6, 6.07) is 8.35. The highest BCUT2D eigenvalue weighted by molar-refractivity contribution is 5.98. The molecule has 0 aliphatic carbocycles. The largest absolute Gasteiger partial charge is 0.351 e. The molecule has 2 aromatic rings. The monoisotopic (exact) mass is 256 g/mol. The predicted octanol–water partition coefficient (Wildman–Crippen LogP) is 3.36. The quantitative estimate of drug-likeness (QED) is 0.878. The first kappa shape index (κ1) is 12.3. The van der Waals surface area contributed by atoms with Gasteiger partial charge in [-0.15, -0.1) is 0 Å². The van der Waals surface area contributed by atoms with Crippen LogP contribution in [0.25, 0.3) is 10.9 Å². The Morgan fingerprint density at radius 1 is 1.21 bits per heavy atom. The number of carbonyl (C=O) groups excluding carboxylic acids is 1. The molecular weight excluding hydrogens is 236 g/mol. The molecule has 2 heterocycles. The highest BCUT2D eigenvalue weighted by Gasteiger charge is 2.19. The van der Waals surface area contributed by atoms with Crippen LogP contribution in [0.1, 0.15) is 42.2 Å². The molecule has 1 amide bonds. The van der Waals surface area contributed by atoms with Gasteiger partial charge in [-0.3, -0.25) is 4.79 Å². The third kappa shape index (κ3) is 2.37. The molecule has 1 aliphatic heterocycles. The molecule has 1 N–H and O–H groups in total. The topological polar surface area (TPSA) is 36.1 Å². The molecule has 0 spiro atoms. The van der Waals surface area contributed by atoms with E-state index in [2.05, 4.69) is 30.1 Å². The maximum Gasteiger partial charge on any atom is 0.270 e. The van der Waals surface area contributed by atoms with Crippen molar-refractivity contribution in [2.75, 3.05) is 13.1 Å². The van der Waals surface area contributed by atoms with Crippen molar-refractivity contribution in [2.24, 2.45) is 0 Å². The van der Waals surface area contributed by atoms with Crippen LogP contribution < -0.4 is 0 Å². The second kappa shape index (κ2) is 5.08. The van der Waals surface area contributed by atoms with Crippen molar-refractivity contribution in [1.29, 1.82) is 0 Å². The zero-order chi connectivity index (χ0) is 13.2. The van der Waals surface area contributed by atoms with Crippen LogP contribution >= 0.6 is 0 Å². The molecule has 1 aromatic carbocycles. The fourth-order valence-electron chi connectivity index (χ4n) is 2.78. The Balaban J connectivity index is 1.89. The molecule has 19 heavy (non-hydrogen) atoms. The van der Waals surface area contributed by atoms with Crippen molar-refractivity contribution in [2.45, 2.75) is 32.6 Å². The normalized spacial score (nSPS) is 15.9. The van der Waals surface area contributed by atoms with E-state index in [-0.39, 0.29) is 5.91 Å². The smallest absolute Gasteiger partial charge is 0.270 e. The number of aromatic nitrogens is 1. The summed E-state index contributed by atoms with van der Waals surface area (Å²) in [5.74, 6) is 0.147. The van der Waals surface area contributed by atoms with E-state index < -0.39 is 0 Å². The van der Waals surface area contributed by atoms with Crippen molar-refractivity contribution in [3.8, 4) is 0 Å². The third-order valence-electron chi connectivity index (χ3n) is 3.97. The molecular formula is C16H20N2O. The second-order valence-corrected chi connectivity index (χ2v) is 5.31. The van der Waals surface area contributed by atoms with Crippen LogP contribution in [-0.4, -0.2) is 28.9 Å². The van der Waals surface area contributed by atoms with Crippen LogP contribution in [-0.2, 0) is 6.42 Å². The number of aromatic amines is 1. The van der Waals surface area contributed by atoms with Crippen LogP contribution in [0.5, 0.6) is 0 Å². The van der Waals surface area contributed by atoms with E-state index >= 15 is 0 Å². The minimum absolute atomic E-state index is 0.147. The van der Waals surface area contributed by atoms with Gasteiger partial charge in [-0.05, 0) is 49.4 Å². The average molecular weight is 256 g/mol. The minimum atomic E-state index is 0.147. The van der Waals surface area contributed by atoms with Crippen LogP contribution in [0, 0.1) is 0 Å². The number of amides is 1. The summed E-state index contributed by atoms with van der Waals surface area (Å²) in [7, 11) is 0. The first-order chi connectivity index (χ1) is 9.28. The number of piperidine rings is 1. The number of likely N-dealkylation sites (tertiary alicyclic amines) is 1. The van der Waals surface area contributed by atoms with Crippen LogP contribution in [0.15, 0.2) is 24.3 Å². The number of hydrogen-bond acceptors (Lipinski definition) is 1. The first-order valence-electron chi connectivity index (χ1n) is 7.19. The molecule has 0 saturated carbocycles. The zero-order valence-electron chi connectivity index (χ0n) is 11.4. The van der Waals surface area contributed by atoms with Gasteiger partial charge in [0.25, 0.3) is 5.91 Å². The number of hydrogen-bond donors (Lipinski definition) is 1. The molecule has 0 unspecified atom stereocenters. The molecule has 1 aromatic heterocycles. The Hall–Kier alpha value is -1.77. The van der Waals surface area contributed by atoms with Gasteiger partial charge in [0, 0.05) is 24.0 Å². The highest BCUT2D eigenvalue weighted by Crippen LogP contribution is 2.20. The lowest BCUT2D eigenvalue weighted by Gasteiger charge is -2.26. The van der Waals surface area contributed by atoms with Crippen molar-refractivity contribution < 1.29 is 4.79 Å². The number of rotatable bonds is 2. The van der Waals surface area contributed by atoms with Gasteiger partial charge in [0.15, 0.2) is 0 Å². The van der Waals surface area contributed by atoms with Gasteiger partial charge in [-0.25, -0.2) is 0 Å². The highest BCUT2D eigenvalue weighted by atomic mass is 16.2. The summed E-state index contributed by atoms with van der Waals surface area (Å²) >= 11 is 0. The summed E-state index contributed by atoms with van der Waals surface area (Å²) in [6.07, 6.45) is 4.53. The van der Waals surface area contributed by atoms with Crippen molar-refractivity contribution >= 4 is 16.8 Å². The number of H-pyrrole nitrogens is 1. The molecule has 3 rings (SSSR count). The molecule has 3 heteroatoms. The van der Waals surface area contributed by atoms with E-state index in [0.717, 1.165) is 48.9 Å². The number of nitrogens with zero attached hydrogens (tertiary/aromatic N) is 1. The number of nitrogens with one attached hydrogen (secondary N) is 1. The van der Waals surface area contributed by atoms with E-state index in [9.17, 15) is 4.79 Å².